The minimum atomic E-state index is 0.781. The fourth-order valence-electron chi connectivity index (χ4n) is 1.52. The monoisotopic (exact) mass is 248 g/mol. The maximum atomic E-state index is 4.56. The van der Waals surface area contributed by atoms with E-state index < -0.39 is 0 Å². The predicted molar refractivity (Wildman–Crippen MR) is 70.0 cm³/mol. The molecule has 0 amide bonds. The van der Waals surface area contributed by atoms with Crippen LogP contribution in [0.4, 0.5) is 0 Å². The molecule has 0 saturated heterocycles. The van der Waals surface area contributed by atoms with Crippen LogP contribution in [0, 0.1) is 13.8 Å². The van der Waals surface area contributed by atoms with Crippen molar-refractivity contribution in [2.24, 2.45) is 0 Å². The van der Waals surface area contributed by atoms with Gasteiger partial charge in [0, 0.05) is 17.6 Å². The van der Waals surface area contributed by atoms with Crippen LogP contribution in [0.5, 0.6) is 0 Å². The maximum absolute atomic E-state index is 4.56. The van der Waals surface area contributed by atoms with Crippen molar-refractivity contribution >= 4 is 11.3 Å². The summed E-state index contributed by atoms with van der Waals surface area (Å²) >= 11 is 1.70. The van der Waals surface area contributed by atoms with Crippen molar-refractivity contribution in [3.05, 3.63) is 28.7 Å². The molecular formula is C12H16N4S. The van der Waals surface area contributed by atoms with Gasteiger partial charge in [-0.15, -0.1) is 11.3 Å². The van der Waals surface area contributed by atoms with Crippen molar-refractivity contribution in [1.82, 2.24) is 20.3 Å². The maximum Gasteiger partial charge on any atom is 0.142 e. The lowest BCUT2D eigenvalue weighted by atomic mass is 10.4. The van der Waals surface area contributed by atoms with Gasteiger partial charge in [0.25, 0.3) is 0 Å². The molecule has 4 nitrogen and oxygen atoms in total. The lowest BCUT2D eigenvalue weighted by Gasteiger charge is -1.97. The number of nitrogens with zero attached hydrogens (tertiary/aromatic N) is 3. The Morgan fingerprint density at radius 2 is 2.12 bits per heavy atom. The van der Waals surface area contributed by atoms with Crippen molar-refractivity contribution in [2.75, 3.05) is 6.54 Å². The molecule has 5 heteroatoms. The van der Waals surface area contributed by atoms with E-state index in [0.29, 0.717) is 0 Å². The van der Waals surface area contributed by atoms with Gasteiger partial charge in [0.1, 0.15) is 16.5 Å². The van der Waals surface area contributed by atoms with Gasteiger partial charge in [-0.2, -0.15) is 0 Å². The van der Waals surface area contributed by atoms with Crippen LogP contribution in [0.1, 0.15) is 23.3 Å². The van der Waals surface area contributed by atoms with E-state index in [-0.39, 0.29) is 0 Å². The van der Waals surface area contributed by atoms with Crippen LogP contribution in [-0.4, -0.2) is 21.5 Å². The Hall–Kier alpha value is -1.33. The van der Waals surface area contributed by atoms with Gasteiger partial charge in [0.05, 0.1) is 5.69 Å². The van der Waals surface area contributed by atoms with Crippen LogP contribution in [0.3, 0.4) is 0 Å². The van der Waals surface area contributed by atoms with Gasteiger partial charge in [0.2, 0.25) is 0 Å². The van der Waals surface area contributed by atoms with Crippen molar-refractivity contribution in [1.29, 1.82) is 0 Å². The molecule has 0 aliphatic heterocycles. The molecule has 2 heterocycles. The quantitative estimate of drug-likeness (QED) is 0.902. The molecule has 0 saturated carbocycles. The van der Waals surface area contributed by atoms with E-state index in [4.69, 9.17) is 0 Å². The highest BCUT2D eigenvalue weighted by Crippen LogP contribution is 2.26. The molecular weight excluding hydrogens is 232 g/mol. The molecule has 0 aliphatic carbocycles. The number of aryl methyl sites for hydroxylation is 2. The SMILES string of the molecule is CCNCc1sc(-c2ccnc(C)n2)nc1C. The topological polar surface area (TPSA) is 50.7 Å². The molecule has 2 aromatic heterocycles. The number of aromatic nitrogens is 3. The number of hydrogen-bond donors (Lipinski definition) is 1. The molecule has 90 valence electrons. The minimum Gasteiger partial charge on any atom is -0.312 e. The standard InChI is InChI=1S/C12H16N4S/c1-4-13-7-11-8(2)15-12(17-11)10-5-6-14-9(3)16-10/h5-6,13H,4,7H2,1-3H3. The number of nitrogens with one attached hydrogen (secondary N) is 1. The molecule has 1 N–H and O–H groups in total. The Morgan fingerprint density at radius 1 is 1.29 bits per heavy atom. The molecule has 0 aliphatic rings. The van der Waals surface area contributed by atoms with Crippen LogP contribution >= 0.6 is 11.3 Å². The number of hydrogen-bond acceptors (Lipinski definition) is 5. The van der Waals surface area contributed by atoms with Gasteiger partial charge < -0.3 is 5.32 Å². The molecule has 0 fully saturated rings. The second-order valence-electron chi connectivity index (χ2n) is 3.80. The highest BCUT2D eigenvalue weighted by molar-refractivity contribution is 7.15. The minimum absolute atomic E-state index is 0.781. The fourth-order valence-corrected chi connectivity index (χ4v) is 2.52. The van der Waals surface area contributed by atoms with Gasteiger partial charge in [-0.25, -0.2) is 15.0 Å². The first-order valence-electron chi connectivity index (χ1n) is 5.67. The Kier molecular flexibility index (Phi) is 3.81. The van der Waals surface area contributed by atoms with Crippen LogP contribution in [0.2, 0.25) is 0 Å². The zero-order valence-electron chi connectivity index (χ0n) is 10.3. The van der Waals surface area contributed by atoms with Crippen molar-refractivity contribution in [3.63, 3.8) is 0 Å². The molecule has 2 rings (SSSR count). The number of rotatable bonds is 4. The van der Waals surface area contributed by atoms with Crippen molar-refractivity contribution < 1.29 is 0 Å². The summed E-state index contributed by atoms with van der Waals surface area (Å²) in [5.41, 5.74) is 2.00. The molecule has 2 aromatic rings. The van der Waals surface area contributed by atoms with Gasteiger partial charge in [-0.05, 0) is 26.5 Å². The third-order valence-corrected chi connectivity index (χ3v) is 3.60. The third kappa shape index (κ3) is 2.87. The molecule has 0 radical (unpaired) electrons. The van der Waals surface area contributed by atoms with Crippen molar-refractivity contribution in [2.45, 2.75) is 27.3 Å². The number of thiazole rings is 1. The Balaban J connectivity index is 2.28. The summed E-state index contributed by atoms with van der Waals surface area (Å²) in [6.45, 7) is 7.89. The van der Waals surface area contributed by atoms with E-state index in [1.807, 2.05) is 19.9 Å². The van der Waals surface area contributed by atoms with E-state index in [1.165, 1.54) is 4.88 Å². The van der Waals surface area contributed by atoms with Crippen LogP contribution in [0.25, 0.3) is 10.7 Å². The van der Waals surface area contributed by atoms with E-state index >= 15 is 0 Å². The van der Waals surface area contributed by atoms with Crippen LogP contribution in [-0.2, 0) is 6.54 Å². The average molecular weight is 248 g/mol. The molecule has 0 unspecified atom stereocenters. The highest BCUT2D eigenvalue weighted by atomic mass is 32.1. The predicted octanol–water partition coefficient (Wildman–Crippen LogP) is 2.33. The van der Waals surface area contributed by atoms with Gasteiger partial charge in [-0.3, -0.25) is 0 Å². The zero-order chi connectivity index (χ0) is 12.3. The van der Waals surface area contributed by atoms with E-state index in [1.54, 1.807) is 17.5 Å². The van der Waals surface area contributed by atoms with Crippen LogP contribution < -0.4 is 5.32 Å². The Morgan fingerprint density at radius 3 is 2.82 bits per heavy atom. The van der Waals surface area contributed by atoms with Gasteiger partial charge >= 0.3 is 0 Å². The van der Waals surface area contributed by atoms with E-state index in [2.05, 4.69) is 27.2 Å². The average Bonchev–Trinajstić information content (AvgIpc) is 2.68. The molecule has 0 atom stereocenters. The highest BCUT2D eigenvalue weighted by Gasteiger charge is 2.10. The largest absolute Gasteiger partial charge is 0.312 e. The molecule has 17 heavy (non-hydrogen) atoms. The third-order valence-electron chi connectivity index (χ3n) is 2.42. The summed E-state index contributed by atoms with van der Waals surface area (Å²) in [5.74, 6) is 0.781. The fraction of sp³-hybridized carbons (Fsp3) is 0.417. The second kappa shape index (κ2) is 5.33. The smallest absolute Gasteiger partial charge is 0.142 e. The first kappa shape index (κ1) is 12.1. The zero-order valence-corrected chi connectivity index (χ0v) is 11.1. The normalized spacial score (nSPS) is 10.8. The second-order valence-corrected chi connectivity index (χ2v) is 4.88. The summed E-state index contributed by atoms with van der Waals surface area (Å²) in [5, 5.41) is 4.29. The van der Waals surface area contributed by atoms with Gasteiger partial charge in [-0.1, -0.05) is 6.92 Å². The Bertz CT molecular complexity index is 507. The molecule has 0 bridgehead atoms. The summed E-state index contributed by atoms with van der Waals surface area (Å²) in [4.78, 5) is 14.3. The van der Waals surface area contributed by atoms with E-state index in [0.717, 1.165) is 35.3 Å². The first-order valence-corrected chi connectivity index (χ1v) is 6.49. The summed E-state index contributed by atoms with van der Waals surface area (Å²) < 4.78 is 0. The first-order chi connectivity index (χ1) is 8.20. The summed E-state index contributed by atoms with van der Waals surface area (Å²) in [7, 11) is 0. The lowest BCUT2D eigenvalue weighted by molar-refractivity contribution is 0.731. The summed E-state index contributed by atoms with van der Waals surface area (Å²) in [6.07, 6.45) is 1.78. The van der Waals surface area contributed by atoms with E-state index in [9.17, 15) is 0 Å². The van der Waals surface area contributed by atoms with Crippen molar-refractivity contribution in [3.8, 4) is 10.7 Å². The molecule has 0 aromatic carbocycles. The lowest BCUT2D eigenvalue weighted by Crippen LogP contribution is -2.11. The van der Waals surface area contributed by atoms with Crippen LogP contribution in [0.15, 0.2) is 12.3 Å². The Labute approximate surface area is 105 Å². The molecule has 0 spiro atoms. The summed E-state index contributed by atoms with van der Waals surface area (Å²) in [6, 6.07) is 1.91. The van der Waals surface area contributed by atoms with Gasteiger partial charge in [0.15, 0.2) is 0 Å².